The smallest absolute Gasteiger partial charge is 0.410 e. The lowest BCUT2D eigenvalue weighted by molar-refractivity contribution is 0.0289. The van der Waals surface area contributed by atoms with E-state index in [-0.39, 0.29) is 11.5 Å². The average molecular weight is 290 g/mol. The minimum atomic E-state index is -0.437. The van der Waals surface area contributed by atoms with Crippen LogP contribution >= 0.6 is 11.8 Å². The van der Waals surface area contributed by atoms with Gasteiger partial charge in [0.15, 0.2) is 0 Å². The SMILES string of the molecule is CCCN(CC)CS[C@@H](C)N(C)C(=O)OC(C)(C)C. The van der Waals surface area contributed by atoms with E-state index in [1.54, 1.807) is 23.7 Å². The molecule has 0 aromatic carbocycles. The van der Waals surface area contributed by atoms with Crippen molar-refractivity contribution in [2.24, 2.45) is 0 Å². The van der Waals surface area contributed by atoms with Gasteiger partial charge in [-0.3, -0.25) is 9.80 Å². The van der Waals surface area contributed by atoms with E-state index in [4.69, 9.17) is 4.74 Å². The Balaban J connectivity index is 4.18. The van der Waals surface area contributed by atoms with Gasteiger partial charge in [0.1, 0.15) is 5.60 Å². The summed E-state index contributed by atoms with van der Waals surface area (Å²) in [6, 6.07) is 0. The lowest BCUT2D eigenvalue weighted by Gasteiger charge is -2.29. The molecule has 19 heavy (non-hydrogen) atoms. The summed E-state index contributed by atoms with van der Waals surface area (Å²) in [6.07, 6.45) is 0.899. The average Bonchev–Trinajstić information content (AvgIpc) is 2.30. The van der Waals surface area contributed by atoms with E-state index in [1.165, 1.54) is 0 Å². The van der Waals surface area contributed by atoms with Gasteiger partial charge < -0.3 is 4.74 Å². The molecular formula is C14H30N2O2S. The van der Waals surface area contributed by atoms with E-state index in [2.05, 4.69) is 18.7 Å². The molecule has 0 aliphatic carbocycles. The van der Waals surface area contributed by atoms with Crippen LogP contribution in [0.1, 0.15) is 48.0 Å². The Kier molecular flexibility index (Phi) is 8.50. The number of thioether (sulfide) groups is 1. The van der Waals surface area contributed by atoms with Crippen molar-refractivity contribution in [1.29, 1.82) is 0 Å². The molecule has 0 aromatic heterocycles. The largest absolute Gasteiger partial charge is 0.444 e. The van der Waals surface area contributed by atoms with E-state index in [9.17, 15) is 4.79 Å². The number of carbonyl (C=O) groups excluding carboxylic acids is 1. The second kappa shape index (κ2) is 8.69. The van der Waals surface area contributed by atoms with Crippen molar-refractivity contribution < 1.29 is 9.53 Å². The normalized spacial score (nSPS) is 13.5. The predicted molar refractivity (Wildman–Crippen MR) is 83.5 cm³/mol. The van der Waals surface area contributed by atoms with Gasteiger partial charge in [-0.25, -0.2) is 4.79 Å². The molecule has 0 aromatic rings. The molecule has 0 saturated carbocycles. The van der Waals surface area contributed by atoms with Crippen molar-refractivity contribution >= 4 is 17.9 Å². The summed E-state index contributed by atoms with van der Waals surface area (Å²) in [5.41, 5.74) is -0.437. The first kappa shape index (κ1) is 18.6. The number of ether oxygens (including phenoxy) is 1. The number of rotatable bonds is 7. The molecule has 5 heteroatoms. The van der Waals surface area contributed by atoms with E-state index in [0.29, 0.717) is 0 Å². The molecule has 1 atom stereocenters. The molecule has 0 bridgehead atoms. The zero-order valence-electron chi connectivity index (χ0n) is 13.5. The minimum absolute atomic E-state index is 0.112. The Morgan fingerprint density at radius 1 is 1.32 bits per heavy atom. The molecule has 0 unspecified atom stereocenters. The molecule has 0 fully saturated rings. The van der Waals surface area contributed by atoms with Crippen molar-refractivity contribution in [3.05, 3.63) is 0 Å². The quantitative estimate of drug-likeness (QED) is 0.670. The zero-order valence-corrected chi connectivity index (χ0v) is 14.3. The van der Waals surface area contributed by atoms with Crippen molar-refractivity contribution in [3.63, 3.8) is 0 Å². The maximum Gasteiger partial charge on any atom is 0.410 e. The summed E-state index contributed by atoms with van der Waals surface area (Å²) >= 11 is 1.76. The van der Waals surface area contributed by atoms with Crippen molar-refractivity contribution in [2.45, 2.75) is 58.9 Å². The van der Waals surface area contributed by atoms with E-state index < -0.39 is 5.60 Å². The molecule has 4 nitrogen and oxygen atoms in total. The van der Waals surface area contributed by atoms with Crippen LogP contribution in [0.4, 0.5) is 4.79 Å². The molecule has 0 saturated heterocycles. The van der Waals surface area contributed by atoms with E-state index >= 15 is 0 Å². The highest BCUT2D eigenvalue weighted by Crippen LogP contribution is 2.18. The van der Waals surface area contributed by atoms with Crippen LogP contribution in [0.25, 0.3) is 0 Å². The lowest BCUT2D eigenvalue weighted by Crippen LogP contribution is -2.39. The zero-order chi connectivity index (χ0) is 15.1. The second-order valence-electron chi connectivity index (χ2n) is 5.70. The monoisotopic (exact) mass is 290 g/mol. The van der Waals surface area contributed by atoms with Crippen LogP contribution < -0.4 is 0 Å². The summed E-state index contributed by atoms with van der Waals surface area (Å²) in [5.74, 6) is 0.943. The molecule has 0 N–H and O–H groups in total. The first-order valence-corrected chi connectivity index (χ1v) is 8.05. The van der Waals surface area contributed by atoms with Crippen LogP contribution in [0.15, 0.2) is 0 Å². The number of nitrogens with zero attached hydrogens (tertiary/aromatic N) is 2. The van der Waals surface area contributed by atoms with Crippen LogP contribution in [0.3, 0.4) is 0 Å². The third kappa shape index (κ3) is 8.37. The van der Waals surface area contributed by atoms with E-state index in [1.807, 2.05) is 27.7 Å². The fourth-order valence-corrected chi connectivity index (χ4v) is 2.49. The fourth-order valence-electron chi connectivity index (χ4n) is 1.44. The van der Waals surface area contributed by atoms with Gasteiger partial charge in [0.2, 0.25) is 0 Å². The van der Waals surface area contributed by atoms with Crippen molar-refractivity contribution in [3.8, 4) is 0 Å². The summed E-state index contributed by atoms with van der Waals surface area (Å²) in [6.45, 7) is 14.2. The second-order valence-corrected chi connectivity index (χ2v) is 6.97. The summed E-state index contributed by atoms with van der Waals surface area (Å²) in [4.78, 5) is 16.0. The van der Waals surface area contributed by atoms with Gasteiger partial charge in [-0.05, 0) is 47.2 Å². The predicted octanol–water partition coefficient (Wildman–Crippen LogP) is 3.62. The van der Waals surface area contributed by atoms with Crippen LogP contribution in [-0.4, -0.2) is 52.9 Å². The van der Waals surface area contributed by atoms with Gasteiger partial charge in [0.25, 0.3) is 0 Å². The third-order valence-electron chi connectivity index (χ3n) is 2.71. The number of amides is 1. The van der Waals surface area contributed by atoms with Crippen LogP contribution in [0.2, 0.25) is 0 Å². The van der Waals surface area contributed by atoms with E-state index in [0.717, 1.165) is 25.4 Å². The Bertz CT molecular complexity index is 267. The van der Waals surface area contributed by atoms with Crippen LogP contribution in [-0.2, 0) is 4.74 Å². The molecule has 0 radical (unpaired) electrons. The Hall–Kier alpha value is -0.420. The molecule has 0 aliphatic heterocycles. The molecule has 0 aliphatic rings. The molecule has 0 heterocycles. The maximum atomic E-state index is 11.9. The third-order valence-corrected chi connectivity index (χ3v) is 4.03. The van der Waals surface area contributed by atoms with Gasteiger partial charge in [-0.2, -0.15) is 0 Å². The van der Waals surface area contributed by atoms with Gasteiger partial charge in [-0.1, -0.05) is 13.8 Å². The number of hydrogen-bond donors (Lipinski definition) is 0. The molecular weight excluding hydrogens is 260 g/mol. The number of hydrogen-bond acceptors (Lipinski definition) is 4. The first-order valence-electron chi connectivity index (χ1n) is 7.01. The highest BCUT2D eigenvalue weighted by Gasteiger charge is 2.23. The van der Waals surface area contributed by atoms with Crippen LogP contribution in [0, 0.1) is 0 Å². The standard InChI is InChI=1S/C14H30N2O2S/c1-8-10-16(9-2)11-19-12(3)15(7)13(17)18-14(4,5)6/h12H,8-11H2,1-7H3/t12-/m0/s1. The van der Waals surface area contributed by atoms with Gasteiger partial charge >= 0.3 is 6.09 Å². The summed E-state index contributed by atoms with van der Waals surface area (Å²) < 4.78 is 5.36. The maximum absolute atomic E-state index is 11.9. The molecule has 0 rings (SSSR count). The van der Waals surface area contributed by atoms with Crippen molar-refractivity contribution in [1.82, 2.24) is 9.80 Å². The summed E-state index contributed by atoms with van der Waals surface area (Å²) in [7, 11) is 1.79. The first-order chi connectivity index (χ1) is 8.71. The van der Waals surface area contributed by atoms with Crippen LogP contribution in [0.5, 0.6) is 0 Å². The molecule has 1 amide bonds. The van der Waals surface area contributed by atoms with Gasteiger partial charge in [-0.15, -0.1) is 11.8 Å². The molecule has 114 valence electrons. The Labute approximate surface area is 122 Å². The van der Waals surface area contributed by atoms with Gasteiger partial charge in [0, 0.05) is 12.9 Å². The fraction of sp³-hybridized carbons (Fsp3) is 0.929. The Morgan fingerprint density at radius 2 is 1.89 bits per heavy atom. The summed E-state index contributed by atoms with van der Waals surface area (Å²) in [5, 5.41) is 0.112. The van der Waals surface area contributed by atoms with Crippen molar-refractivity contribution in [2.75, 3.05) is 26.0 Å². The highest BCUT2D eigenvalue weighted by molar-refractivity contribution is 7.99. The highest BCUT2D eigenvalue weighted by atomic mass is 32.2. The minimum Gasteiger partial charge on any atom is -0.444 e. The lowest BCUT2D eigenvalue weighted by atomic mass is 10.2. The Morgan fingerprint density at radius 3 is 2.32 bits per heavy atom. The number of carbonyl (C=O) groups is 1. The topological polar surface area (TPSA) is 32.8 Å². The molecule has 0 spiro atoms. The van der Waals surface area contributed by atoms with Gasteiger partial charge in [0.05, 0.1) is 5.37 Å².